The van der Waals surface area contributed by atoms with Gasteiger partial charge in [0.1, 0.15) is 5.52 Å². The van der Waals surface area contributed by atoms with Crippen molar-refractivity contribution in [2.24, 2.45) is 0 Å². The van der Waals surface area contributed by atoms with Crippen molar-refractivity contribution in [1.82, 2.24) is 34.4 Å². The summed E-state index contributed by atoms with van der Waals surface area (Å²) in [7, 11) is 0. The SMILES string of the molecule is CC(C)N1CCc2[nH]c3ccc(-c4ncc5ncn(Cc6ccc7ncccc7c6)c5n4)cc3c2C1. The molecule has 7 nitrogen and oxygen atoms in total. The normalized spacial score (nSPS) is 14.3. The molecule has 0 radical (unpaired) electrons. The van der Waals surface area contributed by atoms with Gasteiger partial charge in [-0.25, -0.2) is 15.0 Å². The second-order valence-electron chi connectivity index (χ2n) is 9.96. The van der Waals surface area contributed by atoms with E-state index in [0.717, 1.165) is 53.0 Å². The number of pyridine rings is 1. The number of imidazole rings is 1. The van der Waals surface area contributed by atoms with Crippen molar-refractivity contribution in [3.63, 3.8) is 0 Å². The van der Waals surface area contributed by atoms with E-state index in [2.05, 4.69) is 85.7 Å². The summed E-state index contributed by atoms with van der Waals surface area (Å²) in [5, 5.41) is 2.41. The van der Waals surface area contributed by atoms with E-state index in [1.807, 2.05) is 24.8 Å². The number of rotatable bonds is 4. The first-order chi connectivity index (χ1) is 17.6. The summed E-state index contributed by atoms with van der Waals surface area (Å²) in [6, 6.07) is 17.5. The topological polar surface area (TPSA) is 75.5 Å². The van der Waals surface area contributed by atoms with E-state index in [4.69, 9.17) is 4.98 Å². The van der Waals surface area contributed by atoms with Gasteiger partial charge in [0, 0.05) is 59.3 Å². The highest BCUT2D eigenvalue weighted by Crippen LogP contribution is 2.31. The first-order valence-corrected chi connectivity index (χ1v) is 12.5. The zero-order valence-corrected chi connectivity index (χ0v) is 20.4. The Bertz CT molecular complexity index is 1740. The number of nitrogens with zero attached hydrogens (tertiary/aromatic N) is 6. The number of benzene rings is 2. The molecule has 6 aromatic rings. The Kier molecular flexibility index (Phi) is 4.85. The lowest BCUT2D eigenvalue weighted by atomic mass is 10.0. The summed E-state index contributed by atoms with van der Waals surface area (Å²) in [4.78, 5) is 24.8. The van der Waals surface area contributed by atoms with Gasteiger partial charge in [-0.05, 0) is 61.4 Å². The van der Waals surface area contributed by atoms with Crippen LogP contribution in [-0.2, 0) is 19.5 Å². The molecule has 0 saturated carbocycles. The van der Waals surface area contributed by atoms with Gasteiger partial charge in [-0.15, -0.1) is 0 Å². The van der Waals surface area contributed by atoms with Gasteiger partial charge in [-0.2, -0.15) is 0 Å². The number of fused-ring (bicyclic) bond motifs is 5. The maximum Gasteiger partial charge on any atom is 0.164 e. The quantitative estimate of drug-likeness (QED) is 0.374. The molecule has 0 fully saturated rings. The molecule has 178 valence electrons. The lowest BCUT2D eigenvalue weighted by molar-refractivity contribution is 0.203. The van der Waals surface area contributed by atoms with Crippen LogP contribution in [-0.4, -0.2) is 47.0 Å². The number of hydrogen-bond donors (Lipinski definition) is 1. The molecule has 1 aliphatic heterocycles. The van der Waals surface area contributed by atoms with Crippen LogP contribution in [0.5, 0.6) is 0 Å². The molecule has 0 aliphatic carbocycles. The molecule has 7 heteroatoms. The lowest BCUT2D eigenvalue weighted by Gasteiger charge is -2.30. The van der Waals surface area contributed by atoms with E-state index >= 15 is 0 Å². The van der Waals surface area contributed by atoms with E-state index in [9.17, 15) is 0 Å². The summed E-state index contributed by atoms with van der Waals surface area (Å²) >= 11 is 0. The molecule has 0 unspecified atom stereocenters. The van der Waals surface area contributed by atoms with Gasteiger partial charge in [0.25, 0.3) is 0 Å². The van der Waals surface area contributed by atoms with E-state index in [-0.39, 0.29) is 0 Å². The number of nitrogens with one attached hydrogen (secondary N) is 1. The van der Waals surface area contributed by atoms with Crippen molar-refractivity contribution in [1.29, 1.82) is 0 Å². The molecule has 7 rings (SSSR count). The van der Waals surface area contributed by atoms with Crippen molar-refractivity contribution >= 4 is 33.0 Å². The fourth-order valence-electron chi connectivity index (χ4n) is 5.35. The zero-order valence-electron chi connectivity index (χ0n) is 20.4. The fraction of sp³-hybridized carbons (Fsp3) is 0.241. The smallest absolute Gasteiger partial charge is 0.164 e. The lowest BCUT2D eigenvalue weighted by Crippen LogP contribution is -2.35. The molecule has 0 saturated heterocycles. The van der Waals surface area contributed by atoms with Crippen LogP contribution in [0.3, 0.4) is 0 Å². The Hall–Kier alpha value is -4.10. The Morgan fingerprint density at radius 2 is 1.94 bits per heavy atom. The van der Waals surface area contributed by atoms with Gasteiger partial charge in [0.05, 0.1) is 24.6 Å². The molecule has 5 heterocycles. The molecular weight excluding hydrogens is 446 g/mol. The van der Waals surface area contributed by atoms with Crippen LogP contribution < -0.4 is 0 Å². The maximum absolute atomic E-state index is 4.97. The van der Waals surface area contributed by atoms with E-state index in [1.165, 1.54) is 27.7 Å². The molecule has 0 spiro atoms. The molecule has 4 aromatic heterocycles. The second kappa shape index (κ2) is 8.24. The molecule has 1 aliphatic rings. The highest BCUT2D eigenvalue weighted by molar-refractivity contribution is 5.89. The number of aromatic nitrogens is 6. The van der Waals surface area contributed by atoms with E-state index in [0.29, 0.717) is 12.6 Å². The first kappa shape index (κ1) is 21.2. The minimum Gasteiger partial charge on any atom is -0.358 e. The monoisotopic (exact) mass is 473 g/mol. The predicted octanol–water partition coefficient (Wildman–Crippen LogP) is 5.34. The van der Waals surface area contributed by atoms with Crippen LogP contribution in [0.25, 0.3) is 44.4 Å². The fourth-order valence-corrected chi connectivity index (χ4v) is 5.35. The molecule has 0 bridgehead atoms. The number of aromatic amines is 1. The summed E-state index contributed by atoms with van der Waals surface area (Å²) in [5.74, 6) is 0.723. The van der Waals surface area contributed by atoms with Crippen molar-refractivity contribution < 1.29 is 0 Å². The Morgan fingerprint density at radius 1 is 1.00 bits per heavy atom. The standard InChI is InChI=1S/C29H27N7/c1-18(2)35-11-9-26-23(16-35)22-13-21(6-8-25(22)33-26)28-31-14-27-29(34-28)36(17-32-27)15-19-5-7-24-20(12-19)4-3-10-30-24/h3-8,10,12-14,17-18,33H,9,11,15-16H2,1-2H3. The first-order valence-electron chi connectivity index (χ1n) is 12.5. The molecule has 1 N–H and O–H groups in total. The van der Waals surface area contributed by atoms with Gasteiger partial charge in [0.2, 0.25) is 0 Å². The Morgan fingerprint density at radius 3 is 2.86 bits per heavy atom. The highest BCUT2D eigenvalue weighted by Gasteiger charge is 2.22. The summed E-state index contributed by atoms with van der Waals surface area (Å²) in [6.45, 7) is 7.30. The second-order valence-corrected chi connectivity index (χ2v) is 9.96. The van der Waals surface area contributed by atoms with Gasteiger partial charge in [-0.3, -0.25) is 9.88 Å². The highest BCUT2D eigenvalue weighted by atomic mass is 15.2. The predicted molar refractivity (Wildman–Crippen MR) is 143 cm³/mol. The maximum atomic E-state index is 4.97. The average Bonchev–Trinajstić information content (AvgIpc) is 3.48. The van der Waals surface area contributed by atoms with Crippen molar-refractivity contribution in [3.8, 4) is 11.4 Å². The summed E-state index contributed by atoms with van der Waals surface area (Å²) in [5.41, 5.74) is 8.80. The third-order valence-electron chi connectivity index (χ3n) is 7.37. The van der Waals surface area contributed by atoms with Crippen LogP contribution in [0.4, 0.5) is 0 Å². The number of hydrogen-bond acceptors (Lipinski definition) is 5. The molecule has 2 aromatic carbocycles. The van der Waals surface area contributed by atoms with Gasteiger partial charge >= 0.3 is 0 Å². The third-order valence-corrected chi connectivity index (χ3v) is 7.37. The largest absolute Gasteiger partial charge is 0.358 e. The summed E-state index contributed by atoms with van der Waals surface area (Å²) in [6.07, 6.45) is 6.56. The van der Waals surface area contributed by atoms with Gasteiger partial charge in [0.15, 0.2) is 11.5 Å². The zero-order chi connectivity index (χ0) is 24.2. The minimum atomic E-state index is 0.538. The van der Waals surface area contributed by atoms with E-state index in [1.54, 1.807) is 0 Å². The van der Waals surface area contributed by atoms with Crippen molar-refractivity contribution in [2.75, 3.05) is 6.54 Å². The molecular formula is C29H27N7. The van der Waals surface area contributed by atoms with E-state index < -0.39 is 0 Å². The number of H-pyrrole nitrogens is 1. The molecule has 36 heavy (non-hydrogen) atoms. The minimum absolute atomic E-state index is 0.538. The Balaban J connectivity index is 1.26. The van der Waals surface area contributed by atoms with Crippen LogP contribution in [0.1, 0.15) is 30.7 Å². The van der Waals surface area contributed by atoms with Gasteiger partial charge < -0.3 is 9.55 Å². The molecule has 0 atom stereocenters. The van der Waals surface area contributed by atoms with Crippen LogP contribution >= 0.6 is 0 Å². The van der Waals surface area contributed by atoms with Crippen LogP contribution in [0.2, 0.25) is 0 Å². The average molecular weight is 474 g/mol. The van der Waals surface area contributed by atoms with Crippen LogP contribution in [0, 0.1) is 0 Å². The van der Waals surface area contributed by atoms with Crippen molar-refractivity contribution in [3.05, 3.63) is 84.1 Å². The summed E-state index contributed by atoms with van der Waals surface area (Å²) < 4.78 is 2.09. The van der Waals surface area contributed by atoms with Gasteiger partial charge in [-0.1, -0.05) is 12.1 Å². The van der Waals surface area contributed by atoms with Crippen LogP contribution in [0.15, 0.2) is 67.3 Å². The Labute approximate surface area is 208 Å². The third kappa shape index (κ3) is 3.55. The van der Waals surface area contributed by atoms with Crippen molar-refractivity contribution in [2.45, 2.75) is 39.4 Å². The molecule has 0 amide bonds.